The largest absolute Gasteiger partial charge is 0.264 e. The molecule has 0 aliphatic carbocycles. The molecular formula is C36H30N2. The SMILES string of the molecule is C=C(/C=C(\N=C(/C)c1cccc(-c2ccccc2)c1)c1ccc(-c2cccnc2)cc1)c1cccc(C)c1. The lowest BCUT2D eigenvalue weighted by Gasteiger charge is -2.10. The molecule has 184 valence electrons. The molecule has 0 aliphatic heterocycles. The zero-order valence-corrected chi connectivity index (χ0v) is 21.8. The molecule has 4 aromatic carbocycles. The fourth-order valence-corrected chi connectivity index (χ4v) is 4.44. The second-order valence-corrected chi connectivity index (χ2v) is 9.39. The Labute approximate surface area is 225 Å². The Balaban J connectivity index is 1.54. The fourth-order valence-electron chi connectivity index (χ4n) is 4.44. The number of nitrogens with zero attached hydrogens (tertiary/aromatic N) is 2. The molecule has 0 saturated carbocycles. The molecule has 0 fully saturated rings. The topological polar surface area (TPSA) is 25.2 Å². The lowest BCUT2D eigenvalue weighted by atomic mass is 9.99. The summed E-state index contributed by atoms with van der Waals surface area (Å²) in [5, 5.41) is 0. The number of aromatic nitrogens is 1. The van der Waals surface area contributed by atoms with E-state index in [1.807, 2.05) is 18.3 Å². The first-order valence-electron chi connectivity index (χ1n) is 12.8. The van der Waals surface area contributed by atoms with Crippen LogP contribution in [0, 0.1) is 6.92 Å². The van der Waals surface area contributed by atoms with E-state index in [2.05, 4.69) is 135 Å². The molecule has 1 aromatic heterocycles. The molecule has 0 amide bonds. The van der Waals surface area contributed by atoms with Gasteiger partial charge < -0.3 is 0 Å². The maximum atomic E-state index is 5.15. The van der Waals surface area contributed by atoms with Gasteiger partial charge in [0.2, 0.25) is 0 Å². The van der Waals surface area contributed by atoms with Crippen molar-refractivity contribution in [2.24, 2.45) is 4.99 Å². The van der Waals surface area contributed by atoms with Crippen LogP contribution in [0.1, 0.15) is 29.2 Å². The minimum Gasteiger partial charge on any atom is -0.264 e. The van der Waals surface area contributed by atoms with E-state index in [0.29, 0.717) is 0 Å². The van der Waals surface area contributed by atoms with Gasteiger partial charge in [-0.1, -0.05) is 115 Å². The van der Waals surface area contributed by atoms with Crippen molar-refractivity contribution >= 4 is 17.0 Å². The highest BCUT2D eigenvalue weighted by Crippen LogP contribution is 2.27. The summed E-state index contributed by atoms with van der Waals surface area (Å²) in [5.41, 5.74) is 11.7. The highest BCUT2D eigenvalue weighted by molar-refractivity contribution is 6.03. The Morgan fingerprint density at radius 1 is 0.658 bits per heavy atom. The number of rotatable bonds is 7. The van der Waals surface area contributed by atoms with Gasteiger partial charge in [0.05, 0.1) is 5.70 Å². The number of aliphatic imine (C=N–C) groups is 1. The van der Waals surface area contributed by atoms with Crippen LogP contribution in [0.3, 0.4) is 0 Å². The summed E-state index contributed by atoms with van der Waals surface area (Å²) in [7, 11) is 0. The van der Waals surface area contributed by atoms with E-state index in [0.717, 1.165) is 44.8 Å². The van der Waals surface area contributed by atoms with Gasteiger partial charge in [-0.3, -0.25) is 9.98 Å². The van der Waals surface area contributed by atoms with E-state index < -0.39 is 0 Å². The molecule has 5 aromatic rings. The summed E-state index contributed by atoms with van der Waals surface area (Å²) >= 11 is 0. The monoisotopic (exact) mass is 490 g/mol. The molecule has 1 heterocycles. The van der Waals surface area contributed by atoms with Crippen LogP contribution in [0.2, 0.25) is 0 Å². The molecule has 0 saturated heterocycles. The van der Waals surface area contributed by atoms with Crippen molar-refractivity contribution in [1.29, 1.82) is 0 Å². The minimum atomic E-state index is 0.872. The quantitative estimate of drug-likeness (QED) is 0.165. The zero-order valence-electron chi connectivity index (χ0n) is 21.8. The summed E-state index contributed by atoms with van der Waals surface area (Å²) in [6.07, 6.45) is 5.76. The first kappa shape index (κ1) is 24.9. The smallest absolute Gasteiger partial charge is 0.0711 e. The number of pyridine rings is 1. The lowest BCUT2D eigenvalue weighted by molar-refractivity contribution is 1.33. The molecule has 0 spiro atoms. The minimum absolute atomic E-state index is 0.872. The predicted octanol–water partition coefficient (Wildman–Crippen LogP) is 9.29. The van der Waals surface area contributed by atoms with Crippen molar-refractivity contribution in [3.05, 3.63) is 163 Å². The number of allylic oxidation sites excluding steroid dienone is 2. The maximum absolute atomic E-state index is 5.15. The van der Waals surface area contributed by atoms with Gasteiger partial charge in [0.1, 0.15) is 0 Å². The van der Waals surface area contributed by atoms with E-state index in [1.165, 1.54) is 16.7 Å². The summed E-state index contributed by atoms with van der Waals surface area (Å²) in [6.45, 7) is 8.54. The average molecular weight is 491 g/mol. The Morgan fingerprint density at radius 2 is 1.34 bits per heavy atom. The van der Waals surface area contributed by atoms with Crippen molar-refractivity contribution in [1.82, 2.24) is 4.98 Å². The highest BCUT2D eigenvalue weighted by Gasteiger charge is 2.08. The van der Waals surface area contributed by atoms with E-state index in [-0.39, 0.29) is 0 Å². The number of aryl methyl sites for hydroxylation is 1. The summed E-state index contributed by atoms with van der Waals surface area (Å²) in [5.74, 6) is 0. The van der Waals surface area contributed by atoms with Crippen LogP contribution in [0.15, 0.2) is 145 Å². The van der Waals surface area contributed by atoms with Gasteiger partial charge in [-0.15, -0.1) is 0 Å². The fraction of sp³-hybridized carbons (Fsp3) is 0.0556. The van der Waals surface area contributed by atoms with Gasteiger partial charge in [0.15, 0.2) is 0 Å². The highest BCUT2D eigenvalue weighted by atomic mass is 14.8. The van der Waals surface area contributed by atoms with Gasteiger partial charge >= 0.3 is 0 Å². The first-order chi connectivity index (χ1) is 18.6. The Bertz CT molecular complexity index is 1610. The molecule has 0 unspecified atom stereocenters. The zero-order chi connectivity index (χ0) is 26.3. The number of benzene rings is 4. The molecule has 2 heteroatoms. The normalized spacial score (nSPS) is 11.8. The van der Waals surface area contributed by atoms with Crippen molar-refractivity contribution < 1.29 is 0 Å². The molecule has 0 bridgehead atoms. The van der Waals surface area contributed by atoms with Crippen LogP contribution in [0.25, 0.3) is 33.5 Å². The third-order valence-electron chi connectivity index (χ3n) is 6.55. The van der Waals surface area contributed by atoms with Crippen LogP contribution in [-0.2, 0) is 0 Å². The summed E-state index contributed by atoms with van der Waals surface area (Å²) in [4.78, 5) is 9.40. The van der Waals surface area contributed by atoms with Gasteiger partial charge in [-0.25, -0.2) is 0 Å². The average Bonchev–Trinajstić information content (AvgIpc) is 2.98. The Hall–Kier alpha value is -4.82. The third-order valence-corrected chi connectivity index (χ3v) is 6.55. The van der Waals surface area contributed by atoms with Crippen molar-refractivity contribution in [3.63, 3.8) is 0 Å². The van der Waals surface area contributed by atoms with Crippen LogP contribution >= 0.6 is 0 Å². The van der Waals surface area contributed by atoms with E-state index in [4.69, 9.17) is 4.99 Å². The van der Waals surface area contributed by atoms with Gasteiger partial charge in [-0.05, 0) is 71.0 Å². The number of hydrogen-bond acceptors (Lipinski definition) is 2. The van der Waals surface area contributed by atoms with E-state index in [1.54, 1.807) is 6.20 Å². The van der Waals surface area contributed by atoms with E-state index >= 15 is 0 Å². The van der Waals surface area contributed by atoms with Crippen LogP contribution in [0.4, 0.5) is 0 Å². The van der Waals surface area contributed by atoms with Gasteiger partial charge in [0, 0.05) is 23.7 Å². The molecule has 38 heavy (non-hydrogen) atoms. The van der Waals surface area contributed by atoms with Crippen molar-refractivity contribution in [3.8, 4) is 22.3 Å². The molecule has 0 N–H and O–H groups in total. The molecule has 0 aliphatic rings. The second-order valence-electron chi connectivity index (χ2n) is 9.39. The summed E-state index contributed by atoms with van der Waals surface area (Å²) < 4.78 is 0. The molecule has 0 radical (unpaired) electrons. The van der Waals surface area contributed by atoms with Crippen molar-refractivity contribution in [2.45, 2.75) is 13.8 Å². The Kier molecular flexibility index (Phi) is 7.52. The molecule has 5 rings (SSSR count). The molecule has 0 atom stereocenters. The molecular weight excluding hydrogens is 460 g/mol. The second kappa shape index (κ2) is 11.5. The predicted molar refractivity (Wildman–Crippen MR) is 162 cm³/mol. The first-order valence-corrected chi connectivity index (χ1v) is 12.8. The van der Waals surface area contributed by atoms with Crippen LogP contribution < -0.4 is 0 Å². The molecule has 2 nitrogen and oxygen atoms in total. The van der Waals surface area contributed by atoms with Gasteiger partial charge in [-0.2, -0.15) is 0 Å². The standard InChI is InChI=1S/C36H30N2/c1-26-10-7-13-32(22-26)27(2)23-36(31-19-17-30(18-20-31)35-16-9-21-37-25-35)38-28(3)33-14-8-15-34(24-33)29-11-5-4-6-12-29/h4-25H,2H2,1,3H3/b36-23-,38-28+. The lowest BCUT2D eigenvalue weighted by Crippen LogP contribution is -1.97. The Morgan fingerprint density at radius 3 is 2.08 bits per heavy atom. The van der Waals surface area contributed by atoms with Gasteiger partial charge in [0.25, 0.3) is 0 Å². The van der Waals surface area contributed by atoms with E-state index in [9.17, 15) is 0 Å². The van der Waals surface area contributed by atoms with Crippen LogP contribution in [-0.4, -0.2) is 10.7 Å². The summed E-state index contributed by atoms with van der Waals surface area (Å²) in [6, 6.07) is 39.9. The number of hydrogen-bond donors (Lipinski definition) is 0. The van der Waals surface area contributed by atoms with Crippen molar-refractivity contribution in [2.75, 3.05) is 0 Å². The third kappa shape index (κ3) is 5.93. The maximum Gasteiger partial charge on any atom is 0.0711 e. The van der Waals surface area contributed by atoms with Crippen LogP contribution in [0.5, 0.6) is 0 Å².